The van der Waals surface area contributed by atoms with E-state index in [9.17, 15) is 23.6 Å². The van der Waals surface area contributed by atoms with Crippen molar-refractivity contribution >= 4 is 39.8 Å². The number of carbonyl (C=O) groups is 4. The molecule has 1 heterocycles. The number of ether oxygens (including phenoxy) is 5. The molecule has 1 fully saturated rings. The van der Waals surface area contributed by atoms with Crippen LogP contribution in [0.3, 0.4) is 0 Å². The summed E-state index contributed by atoms with van der Waals surface area (Å²) in [6.45, 7) is 3.67. The lowest BCUT2D eigenvalue weighted by atomic mass is 9.98. The highest BCUT2D eigenvalue weighted by atomic mass is 79.9. The van der Waals surface area contributed by atoms with E-state index in [0.29, 0.717) is 0 Å². The third-order valence-corrected chi connectivity index (χ3v) is 3.85. The van der Waals surface area contributed by atoms with Gasteiger partial charge in [-0.05, 0) is 15.9 Å². The Balaban J connectivity index is 3.26. The van der Waals surface area contributed by atoms with Gasteiger partial charge in [-0.1, -0.05) is 0 Å². The van der Waals surface area contributed by atoms with Crippen LogP contribution >= 0.6 is 15.9 Å². The molecule has 0 N–H and O–H groups in total. The van der Waals surface area contributed by atoms with Crippen LogP contribution in [0.25, 0.3) is 0 Å². The minimum absolute atomic E-state index is 0.564. The van der Waals surface area contributed by atoms with Crippen LogP contribution in [0, 0.1) is 0 Å². The predicted molar refractivity (Wildman–Crippen MR) is 80.9 cm³/mol. The second kappa shape index (κ2) is 8.56. The Kier molecular flexibility index (Phi) is 7.29. The van der Waals surface area contributed by atoms with Crippen LogP contribution in [-0.4, -0.2) is 59.7 Å². The fourth-order valence-electron chi connectivity index (χ4n) is 2.17. The van der Waals surface area contributed by atoms with E-state index in [2.05, 4.69) is 15.9 Å². The zero-order valence-corrected chi connectivity index (χ0v) is 15.5. The SMILES string of the molecule is CC(=O)OC[C@@]1(Br)O[C@H](F)[C@H](OC(C)=O)[C@@H](OC(C)=O)[C@H]1OC(C)=O. The van der Waals surface area contributed by atoms with Gasteiger partial charge < -0.3 is 23.7 Å². The number of carbonyl (C=O) groups excluding carboxylic acids is 4. The molecule has 0 aromatic heterocycles. The van der Waals surface area contributed by atoms with Gasteiger partial charge in [0.1, 0.15) is 6.61 Å². The topological polar surface area (TPSA) is 114 Å². The largest absolute Gasteiger partial charge is 0.462 e. The fourth-order valence-corrected chi connectivity index (χ4v) is 2.82. The molecule has 0 spiro atoms. The standard InChI is InChI=1S/C14H18BrFO9/c1-6(17)21-5-14(15)12(24-9(4)20)10(22-7(2)18)11(13(16)25-14)23-8(3)19/h10-13H,5H2,1-4H3/t10-,11-,12-,13+,14-/m1/s1. The second-order valence-electron chi connectivity index (χ2n) is 5.21. The number of esters is 4. The van der Waals surface area contributed by atoms with Crippen molar-refractivity contribution in [1.29, 1.82) is 0 Å². The van der Waals surface area contributed by atoms with Gasteiger partial charge in [0.25, 0.3) is 0 Å². The van der Waals surface area contributed by atoms with E-state index >= 15 is 0 Å². The van der Waals surface area contributed by atoms with Gasteiger partial charge in [0.2, 0.25) is 10.9 Å². The molecule has 0 saturated carbocycles. The van der Waals surface area contributed by atoms with E-state index in [1.54, 1.807) is 0 Å². The molecule has 0 aromatic rings. The van der Waals surface area contributed by atoms with Crippen LogP contribution < -0.4 is 0 Å². The summed E-state index contributed by atoms with van der Waals surface area (Å²) < 4.78 is 37.4. The smallest absolute Gasteiger partial charge is 0.303 e. The van der Waals surface area contributed by atoms with Crippen molar-refractivity contribution in [2.24, 2.45) is 0 Å². The Bertz CT molecular complexity index is 554. The summed E-state index contributed by atoms with van der Waals surface area (Å²) in [5, 5.41) is 0. The van der Waals surface area contributed by atoms with Crippen molar-refractivity contribution in [3.63, 3.8) is 0 Å². The number of rotatable bonds is 5. The van der Waals surface area contributed by atoms with Crippen LogP contribution in [0.4, 0.5) is 4.39 Å². The molecule has 0 bridgehead atoms. The Morgan fingerprint density at radius 2 is 1.40 bits per heavy atom. The lowest BCUT2D eigenvalue weighted by molar-refractivity contribution is -0.285. The minimum atomic E-state index is -2.25. The van der Waals surface area contributed by atoms with Gasteiger partial charge >= 0.3 is 23.9 Å². The van der Waals surface area contributed by atoms with Gasteiger partial charge in [-0.3, -0.25) is 19.2 Å². The van der Waals surface area contributed by atoms with Crippen molar-refractivity contribution in [3.05, 3.63) is 0 Å². The first-order chi connectivity index (χ1) is 11.5. The van der Waals surface area contributed by atoms with Crippen LogP contribution in [-0.2, 0) is 42.9 Å². The molecule has 0 amide bonds. The van der Waals surface area contributed by atoms with Crippen molar-refractivity contribution in [2.45, 2.75) is 56.9 Å². The van der Waals surface area contributed by atoms with Gasteiger partial charge in [0, 0.05) is 27.7 Å². The molecule has 11 heteroatoms. The van der Waals surface area contributed by atoms with Gasteiger partial charge in [-0.25, -0.2) is 4.39 Å². The van der Waals surface area contributed by atoms with Gasteiger partial charge in [0.15, 0.2) is 18.3 Å². The maximum atomic E-state index is 14.4. The van der Waals surface area contributed by atoms with Crippen LogP contribution in [0.15, 0.2) is 0 Å². The molecule has 1 aliphatic rings. The highest BCUT2D eigenvalue weighted by molar-refractivity contribution is 9.10. The van der Waals surface area contributed by atoms with E-state index < -0.39 is 59.7 Å². The van der Waals surface area contributed by atoms with E-state index in [1.165, 1.54) is 0 Å². The first-order valence-electron chi connectivity index (χ1n) is 7.12. The minimum Gasteiger partial charge on any atom is -0.462 e. The summed E-state index contributed by atoms with van der Waals surface area (Å²) in [6, 6.07) is 0. The molecule has 0 aliphatic carbocycles. The summed E-state index contributed by atoms with van der Waals surface area (Å²) >= 11 is 3.04. The first-order valence-corrected chi connectivity index (χ1v) is 7.91. The summed E-state index contributed by atoms with van der Waals surface area (Å²) in [5.41, 5.74) is 0. The highest BCUT2D eigenvalue weighted by Gasteiger charge is 2.60. The molecule has 0 aromatic carbocycles. The Labute approximate surface area is 151 Å². The highest BCUT2D eigenvalue weighted by Crippen LogP contribution is 2.40. The lowest BCUT2D eigenvalue weighted by Crippen LogP contribution is -2.65. The molecule has 1 saturated heterocycles. The molecular formula is C14H18BrFO9. The molecule has 1 rings (SSSR count). The monoisotopic (exact) mass is 428 g/mol. The van der Waals surface area contributed by atoms with Crippen molar-refractivity contribution in [3.8, 4) is 0 Å². The van der Waals surface area contributed by atoms with Crippen molar-refractivity contribution in [1.82, 2.24) is 0 Å². The maximum Gasteiger partial charge on any atom is 0.303 e. The van der Waals surface area contributed by atoms with E-state index in [1.807, 2.05) is 0 Å². The van der Waals surface area contributed by atoms with E-state index in [4.69, 9.17) is 23.7 Å². The van der Waals surface area contributed by atoms with Crippen molar-refractivity contribution in [2.75, 3.05) is 6.61 Å². The average Bonchev–Trinajstić information content (AvgIpc) is 2.44. The molecule has 25 heavy (non-hydrogen) atoms. The summed E-state index contributed by atoms with van der Waals surface area (Å²) in [5.74, 6) is -3.21. The average molecular weight is 429 g/mol. The maximum absolute atomic E-state index is 14.4. The van der Waals surface area contributed by atoms with Crippen LogP contribution in [0.5, 0.6) is 0 Å². The second-order valence-corrected chi connectivity index (χ2v) is 6.56. The molecule has 1 aliphatic heterocycles. The molecule has 142 valence electrons. The predicted octanol–water partition coefficient (Wildman–Crippen LogP) is 0.762. The Hall–Kier alpha value is -1.75. The number of hydrogen-bond donors (Lipinski definition) is 0. The zero-order chi connectivity index (χ0) is 19.4. The third kappa shape index (κ3) is 5.92. The van der Waals surface area contributed by atoms with Crippen LogP contribution in [0.1, 0.15) is 27.7 Å². The van der Waals surface area contributed by atoms with Gasteiger partial charge in [-0.2, -0.15) is 0 Å². The quantitative estimate of drug-likeness (QED) is 0.355. The Morgan fingerprint density at radius 3 is 1.84 bits per heavy atom. The number of halogens is 2. The normalized spacial score (nSPS) is 31.6. The Morgan fingerprint density at radius 1 is 0.920 bits per heavy atom. The zero-order valence-electron chi connectivity index (χ0n) is 13.9. The van der Waals surface area contributed by atoms with Crippen molar-refractivity contribution < 1.29 is 47.3 Å². The lowest BCUT2D eigenvalue weighted by Gasteiger charge is -2.46. The van der Waals surface area contributed by atoms with Gasteiger partial charge in [-0.15, -0.1) is 0 Å². The number of alkyl halides is 2. The first kappa shape index (κ1) is 21.3. The third-order valence-electron chi connectivity index (χ3n) is 2.98. The molecule has 5 atom stereocenters. The summed E-state index contributed by atoms with van der Waals surface area (Å²) in [4.78, 5) is 45.1. The van der Waals surface area contributed by atoms with Crippen LogP contribution in [0.2, 0.25) is 0 Å². The van der Waals surface area contributed by atoms with E-state index in [-0.39, 0.29) is 0 Å². The fraction of sp³-hybridized carbons (Fsp3) is 0.714. The van der Waals surface area contributed by atoms with E-state index in [0.717, 1.165) is 27.7 Å². The molecule has 9 nitrogen and oxygen atoms in total. The summed E-state index contributed by atoms with van der Waals surface area (Å²) in [6.07, 6.45) is -6.95. The molecular weight excluding hydrogens is 411 g/mol. The van der Waals surface area contributed by atoms with Gasteiger partial charge in [0.05, 0.1) is 0 Å². The number of hydrogen-bond acceptors (Lipinski definition) is 9. The molecule has 0 radical (unpaired) electrons. The molecule has 0 unspecified atom stereocenters. The summed E-state index contributed by atoms with van der Waals surface area (Å²) in [7, 11) is 0.